The lowest BCUT2D eigenvalue weighted by Gasteiger charge is -2.13. The Balaban J connectivity index is 2.10. The third-order valence-corrected chi connectivity index (χ3v) is 3.40. The molecular formula is C18H21ClN2O3. The fourth-order valence-corrected chi connectivity index (χ4v) is 2.29. The van der Waals surface area contributed by atoms with Crippen molar-refractivity contribution < 1.29 is 14.2 Å². The number of hydrogen-bond donors (Lipinski definition) is 1. The first-order valence-corrected chi connectivity index (χ1v) is 7.88. The summed E-state index contributed by atoms with van der Waals surface area (Å²) in [6, 6.07) is 11.0. The quantitative estimate of drug-likeness (QED) is 0.587. The summed E-state index contributed by atoms with van der Waals surface area (Å²) in [7, 11) is 3.19. The second-order valence-electron chi connectivity index (χ2n) is 5.30. The summed E-state index contributed by atoms with van der Waals surface area (Å²) in [5.41, 5.74) is 4.59. The fraction of sp³-hybridized carbons (Fsp3) is 0.278. The van der Waals surface area contributed by atoms with Gasteiger partial charge in [0.15, 0.2) is 11.5 Å². The molecule has 0 heterocycles. The van der Waals surface area contributed by atoms with Crippen molar-refractivity contribution in [1.29, 1.82) is 0 Å². The average molecular weight is 349 g/mol. The minimum Gasteiger partial charge on any atom is -0.495 e. The number of benzene rings is 2. The van der Waals surface area contributed by atoms with E-state index in [0.717, 1.165) is 11.3 Å². The van der Waals surface area contributed by atoms with Gasteiger partial charge in [0.25, 0.3) is 0 Å². The maximum absolute atomic E-state index is 6.08. The van der Waals surface area contributed by atoms with Gasteiger partial charge in [0.1, 0.15) is 5.75 Å². The first-order valence-electron chi connectivity index (χ1n) is 7.50. The van der Waals surface area contributed by atoms with Crippen LogP contribution in [0.1, 0.15) is 19.4 Å². The fourth-order valence-electron chi connectivity index (χ4n) is 2.04. The van der Waals surface area contributed by atoms with E-state index in [1.807, 2.05) is 38.1 Å². The molecule has 24 heavy (non-hydrogen) atoms. The molecule has 0 aliphatic rings. The van der Waals surface area contributed by atoms with E-state index in [-0.39, 0.29) is 6.10 Å². The molecule has 0 unspecified atom stereocenters. The number of ether oxygens (including phenoxy) is 3. The number of methoxy groups -OCH3 is 2. The van der Waals surface area contributed by atoms with Crippen LogP contribution in [0.4, 0.5) is 5.69 Å². The number of hydrazone groups is 1. The topological polar surface area (TPSA) is 52.1 Å². The average Bonchev–Trinajstić information content (AvgIpc) is 2.55. The largest absolute Gasteiger partial charge is 0.495 e. The minimum absolute atomic E-state index is 0.0608. The standard InChI is InChI=1S/C18H21ClN2O3/c1-12(2)24-18-9-13(5-7-17(18)23-4)11-20-21-14-6-8-16(22-3)15(19)10-14/h5-12,21H,1-4H3/b20-11+. The van der Waals surface area contributed by atoms with Gasteiger partial charge in [-0.2, -0.15) is 5.10 Å². The predicted molar refractivity (Wildman–Crippen MR) is 98.0 cm³/mol. The van der Waals surface area contributed by atoms with Crippen LogP contribution in [0.2, 0.25) is 5.02 Å². The first-order chi connectivity index (χ1) is 11.5. The monoisotopic (exact) mass is 348 g/mol. The Bertz CT molecular complexity index is 717. The Morgan fingerprint density at radius 3 is 2.33 bits per heavy atom. The molecule has 0 aromatic heterocycles. The molecule has 6 heteroatoms. The number of anilines is 1. The molecule has 1 N–H and O–H groups in total. The zero-order chi connectivity index (χ0) is 17.5. The molecule has 0 saturated carbocycles. The van der Waals surface area contributed by atoms with Crippen molar-refractivity contribution >= 4 is 23.5 Å². The molecule has 0 spiro atoms. The third kappa shape index (κ3) is 4.80. The van der Waals surface area contributed by atoms with Gasteiger partial charge in [-0.25, -0.2) is 0 Å². The Morgan fingerprint density at radius 1 is 1.00 bits per heavy atom. The molecule has 2 rings (SSSR count). The lowest BCUT2D eigenvalue weighted by molar-refractivity contribution is 0.230. The summed E-state index contributed by atoms with van der Waals surface area (Å²) in [5.74, 6) is 2.00. The number of nitrogens with one attached hydrogen (secondary N) is 1. The zero-order valence-corrected chi connectivity index (χ0v) is 14.9. The van der Waals surface area contributed by atoms with Crippen molar-refractivity contribution in [3.05, 3.63) is 47.0 Å². The van der Waals surface area contributed by atoms with Gasteiger partial charge < -0.3 is 14.2 Å². The number of rotatable bonds is 7. The van der Waals surface area contributed by atoms with Crippen molar-refractivity contribution in [2.75, 3.05) is 19.6 Å². The van der Waals surface area contributed by atoms with E-state index in [9.17, 15) is 0 Å². The van der Waals surface area contributed by atoms with Crippen LogP contribution in [0.25, 0.3) is 0 Å². The second kappa shape index (κ2) is 8.45. The Morgan fingerprint density at radius 2 is 1.71 bits per heavy atom. The van der Waals surface area contributed by atoms with Crippen LogP contribution in [0.3, 0.4) is 0 Å². The molecule has 0 fully saturated rings. The van der Waals surface area contributed by atoms with Crippen LogP contribution in [0, 0.1) is 0 Å². The van der Waals surface area contributed by atoms with Gasteiger partial charge in [-0.1, -0.05) is 11.6 Å². The summed E-state index contributed by atoms with van der Waals surface area (Å²) in [4.78, 5) is 0. The molecule has 0 radical (unpaired) electrons. The van der Waals surface area contributed by atoms with E-state index in [1.165, 1.54) is 0 Å². The first kappa shape index (κ1) is 17.9. The Labute approximate surface area is 147 Å². The normalized spacial score (nSPS) is 10.9. The van der Waals surface area contributed by atoms with E-state index in [2.05, 4.69) is 10.5 Å². The highest BCUT2D eigenvalue weighted by Crippen LogP contribution is 2.29. The molecule has 2 aromatic rings. The molecule has 5 nitrogen and oxygen atoms in total. The van der Waals surface area contributed by atoms with E-state index in [0.29, 0.717) is 22.3 Å². The molecule has 0 aliphatic heterocycles. The number of nitrogens with zero attached hydrogens (tertiary/aromatic N) is 1. The maximum atomic E-state index is 6.08. The highest BCUT2D eigenvalue weighted by atomic mass is 35.5. The van der Waals surface area contributed by atoms with Crippen LogP contribution < -0.4 is 19.6 Å². The molecule has 0 amide bonds. The summed E-state index contributed by atoms with van der Waals surface area (Å²) in [6.07, 6.45) is 1.76. The Kier molecular flexibility index (Phi) is 6.32. The number of hydrogen-bond acceptors (Lipinski definition) is 5. The molecule has 0 bridgehead atoms. The SMILES string of the molecule is COc1ccc(N/N=C/c2ccc(OC)c(OC(C)C)c2)cc1Cl. The molecule has 128 valence electrons. The smallest absolute Gasteiger partial charge is 0.162 e. The summed E-state index contributed by atoms with van der Waals surface area (Å²) in [5, 5.41) is 4.74. The van der Waals surface area contributed by atoms with Crippen LogP contribution >= 0.6 is 11.6 Å². The van der Waals surface area contributed by atoms with Gasteiger partial charge >= 0.3 is 0 Å². The van der Waals surface area contributed by atoms with Crippen molar-refractivity contribution in [2.45, 2.75) is 20.0 Å². The van der Waals surface area contributed by atoms with Crippen molar-refractivity contribution in [1.82, 2.24) is 0 Å². The van der Waals surface area contributed by atoms with Gasteiger partial charge in [0.05, 0.1) is 37.2 Å². The molecule has 0 aliphatic carbocycles. The van der Waals surface area contributed by atoms with Crippen molar-refractivity contribution in [3.8, 4) is 17.2 Å². The summed E-state index contributed by atoms with van der Waals surface area (Å²) < 4.78 is 16.2. The molecule has 2 aromatic carbocycles. The lowest BCUT2D eigenvalue weighted by atomic mass is 10.2. The van der Waals surface area contributed by atoms with E-state index in [1.54, 1.807) is 32.6 Å². The van der Waals surface area contributed by atoms with E-state index < -0.39 is 0 Å². The third-order valence-electron chi connectivity index (χ3n) is 3.11. The van der Waals surface area contributed by atoms with Gasteiger partial charge in [0, 0.05) is 0 Å². The minimum atomic E-state index is 0.0608. The van der Waals surface area contributed by atoms with Crippen LogP contribution in [-0.4, -0.2) is 26.5 Å². The zero-order valence-electron chi connectivity index (χ0n) is 14.2. The lowest BCUT2D eigenvalue weighted by Crippen LogP contribution is -2.07. The second-order valence-corrected chi connectivity index (χ2v) is 5.70. The van der Waals surface area contributed by atoms with Crippen molar-refractivity contribution in [2.24, 2.45) is 5.10 Å². The van der Waals surface area contributed by atoms with Gasteiger partial charge in [-0.3, -0.25) is 5.43 Å². The van der Waals surface area contributed by atoms with Crippen LogP contribution in [0.15, 0.2) is 41.5 Å². The maximum Gasteiger partial charge on any atom is 0.162 e. The Hall–Kier alpha value is -2.40. The van der Waals surface area contributed by atoms with Crippen LogP contribution in [-0.2, 0) is 0 Å². The molecular weight excluding hydrogens is 328 g/mol. The van der Waals surface area contributed by atoms with Gasteiger partial charge in [-0.05, 0) is 55.8 Å². The van der Waals surface area contributed by atoms with E-state index in [4.69, 9.17) is 25.8 Å². The number of halogens is 1. The van der Waals surface area contributed by atoms with Crippen molar-refractivity contribution in [3.63, 3.8) is 0 Å². The predicted octanol–water partition coefficient (Wildman–Crippen LogP) is 4.59. The van der Waals surface area contributed by atoms with Gasteiger partial charge in [0.2, 0.25) is 0 Å². The highest BCUT2D eigenvalue weighted by Gasteiger charge is 2.07. The van der Waals surface area contributed by atoms with E-state index >= 15 is 0 Å². The van der Waals surface area contributed by atoms with Gasteiger partial charge in [-0.15, -0.1) is 0 Å². The van der Waals surface area contributed by atoms with Crippen LogP contribution in [0.5, 0.6) is 17.2 Å². The highest BCUT2D eigenvalue weighted by molar-refractivity contribution is 6.32. The summed E-state index contributed by atoms with van der Waals surface area (Å²) >= 11 is 6.08. The molecule has 0 atom stereocenters. The molecule has 0 saturated heterocycles. The summed E-state index contributed by atoms with van der Waals surface area (Å²) in [6.45, 7) is 3.93.